The van der Waals surface area contributed by atoms with E-state index >= 15 is 0 Å². The molecule has 0 spiro atoms. The Morgan fingerprint density at radius 2 is 2.07 bits per heavy atom. The zero-order chi connectivity index (χ0) is 11.1. The number of halogens is 3. The fourth-order valence-electron chi connectivity index (χ4n) is 1.92. The molecule has 0 aromatic heterocycles. The van der Waals surface area contributed by atoms with Crippen molar-refractivity contribution in [3.63, 3.8) is 0 Å². The molecule has 0 saturated carbocycles. The number of aryl methyl sites for hydroxylation is 1. The molecule has 0 fully saturated rings. The van der Waals surface area contributed by atoms with Crippen molar-refractivity contribution >= 4 is 5.69 Å². The zero-order valence-corrected chi connectivity index (χ0v) is 8.36. The summed E-state index contributed by atoms with van der Waals surface area (Å²) in [6.07, 6.45) is -4.01. The fourth-order valence-corrected chi connectivity index (χ4v) is 1.92. The summed E-state index contributed by atoms with van der Waals surface area (Å²) in [5.74, 6) is -1.26. The number of hydrogen-bond donors (Lipinski definition) is 1. The molecule has 82 valence electrons. The minimum Gasteiger partial charge on any atom is -0.384 e. The minimum absolute atomic E-state index is 0.0139. The summed E-state index contributed by atoms with van der Waals surface area (Å²) in [5.41, 5.74) is 2.57. The van der Waals surface area contributed by atoms with Gasteiger partial charge in [0.1, 0.15) is 0 Å². The number of alkyl halides is 3. The summed E-state index contributed by atoms with van der Waals surface area (Å²) >= 11 is 0. The van der Waals surface area contributed by atoms with Crippen LogP contribution in [0.1, 0.15) is 11.1 Å². The van der Waals surface area contributed by atoms with Crippen LogP contribution in [0.25, 0.3) is 0 Å². The maximum absolute atomic E-state index is 12.5. The number of rotatable bonds is 0. The van der Waals surface area contributed by atoms with Gasteiger partial charge in [0.05, 0.1) is 5.92 Å². The highest BCUT2D eigenvalue weighted by atomic mass is 19.4. The van der Waals surface area contributed by atoms with Gasteiger partial charge in [-0.3, -0.25) is 0 Å². The summed E-state index contributed by atoms with van der Waals surface area (Å²) in [6, 6.07) is 5.53. The SMILES string of the molecule is Cc1cccc2c1CC(C(F)(F)F)CN2. The lowest BCUT2D eigenvalue weighted by Gasteiger charge is -2.28. The predicted octanol–water partition coefficient (Wildman–Crippen LogP) is 3.14. The van der Waals surface area contributed by atoms with Crippen LogP contribution in [0.2, 0.25) is 0 Å². The van der Waals surface area contributed by atoms with Gasteiger partial charge in [0, 0.05) is 12.2 Å². The van der Waals surface area contributed by atoms with Crippen LogP contribution < -0.4 is 5.32 Å². The Labute approximate surface area is 86.3 Å². The molecule has 0 aliphatic carbocycles. The highest BCUT2D eigenvalue weighted by Crippen LogP contribution is 2.35. The molecule has 1 N–H and O–H groups in total. The molecule has 0 saturated heterocycles. The molecule has 1 unspecified atom stereocenters. The van der Waals surface area contributed by atoms with E-state index in [4.69, 9.17) is 0 Å². The van der Waals surface area contributed by atoms with Crippen LogP contribution in [0.4, 0.5) is 18.9 Å². The largest absolute Gasteiger partial charge is 0.393 e. The Kier molecular flexibility index (Phi) is 2.37. The molecule has 0 amide bonds. The summed E-state index contributed by atoms with van der Waals surface area (Å²) in [4.78, 5) is 0. The van der Waals surface area contributed by atoms with E-state index < -0.39 is 12.1 Å². The second-order valence-corrected chi connectivity index (χ2v) is 3.92. The average Bonchev–Trinajstić information content (AvgIpc) is 2.16. The van der Waals surface area contributed by atoms with Gasteiger partial charge in [0.15, 0.2) is 0 Å². The van der Waals surface area contributed by atoms with Gasteiger partial charge in [0.25, 0.3) is 0 Å². The van der Waals surface area contributed by atoms with Crippen LogP contribution in [-0.2, 0) is 6.42 Å². The van der Waals surface area contributed by atoms with Crippen LogP contribution in [0, 0.1) is 12.8 Å². The molecule has 1 aliphatic rings. The first-order chi connectivity index (χ1) is 6.98. The van der Waals surface area contributed by atoms with Gasteiger partial charge < -0.3 is 5.32 Å². The van der Waals surface area contributed by atoms with Crippen molar-refractivity contribution in [2.24, 2.45) is 5.92 Å². The molecule has 2 rings (SSSR count). The highest BCUT2D eigenvalue weighted by Gasteiger charge is 2.41. The summed E-state index contributed by atoms with van der Waals surface area (Å²) in [5, 5.41) is 2.84. The van der Waals surface area contributed by atoms with Crippen molar-refractivity contribution in [2.75, 3.05) is 11.9 Å². The van der Waals surface area contributed by atoms with Crippen molar-refractivity contribution in [3.05, 3.63) is 29.3 Å². The number of nitrogens with one attached hydrogen (secondary N) is 1. The molecular formula is C11H12F3N. The molecule has 1 heterocycles. The molecule has 1 aromatic carbocycles. The van der Waals surface area contributed by atoms with E-state index in [0.29, 0.717) is 0 Å². The normalized spacial score (nSPS) is 20.7. The molecular weight excluding hydrogens is 203 g/mol. The number of fused-ring (bicyclic) bond motifs is 1. The van der Waals surface area contributed by atoms with Gasteiger partial charge in [-0.1, -0.05) is 12.1 Å². The third kappa shape index (κ3) is 1.94. The van der Waals surface area contributed by atoms with E-state index in [1.807, 2.05) is 25.1 Å². The monoisotopic (exact) mass is 215 g/mol. The first-order valence-electron chi connectivity index (χ1n) is 4.87. The smallest absolute Gasteiger partial charge is 0.384 e. The Hall–Kier alpha value is -1.19. The minimum atomic E-state index is -4.10. The summed E-state index contributed by atoms with van der Waals surface area (Å²) in [7, 11) is 0. The van der Waals surface area contributed by atoms with Gasteiger partial charge >= 0.3 is 6.18 Å². The van der Waals surface area contributed by atoms with Crippen molar-refractivity contribution in [1.82, 2.24) is 0 Å². The van der Waals surface area contributed by atoms with E-state index in [-0.39, 0.29) is 13.0 Å². The van der Waals surface area contributed by atoms with Crippen molar-refractivity contribution in [3.8, 4) is 0 Å². The van der Waals surface area contributed by atoms with Crippen molar-refractivity contribution < 1.29 is 13.2 Å². The number of anilines is 1. The maximum Gasteiger partial charge on any atom is 0.393 e. The third-order valence-electron chi connectivity index (χ3n) is 2.86. The Balaban J connectivity index is 2.30. The summed E-state index contributed by atoms with van der Waals surface area (Å²) < 4.78 is 37.6. The van der Waals surface area contributed by atoms with Crippen molar-refractivity contribution in [2.45, 2.75) is 19.5 Å². The van der Waals surface area contributed by atoms with E-state index in [1.165, 1.54) is 0 Å². The standard InChI is InChI=1S/C11H12F3N/c1-7-3-2-4-10-9(7)5-8(6-15-10)11(12,13)14/h2-4,8,15H,5-6H2,1H3. The number of hydrogen-bond acceptors (Lipinski definition) is 1. The summed E-state index contributed by atoms with van der Waals surface area (Å²) in [6.45, 7) is 1.83. The maximum atomic E-state index is 12.5. The molecule has 1 atom stereocenters. The molecule has 15 heavy (non-hydrogen) atoms. The number of benzene rings is 1. The van der Waals surface area contributed by atoms with Crippen LogP contribution in [0.15, 0.2) is 18.2 Å². The highest BCUT2D eigenvalue weighted by molar-refractivity contribution is 5.56. The van der Waals surface area contributed by atoms with Gasteiger partial charge in [-0.25, -0.2) is 0 Å². The topological polar surface area (TPSA) is 12.0 Å². The van der Waals surface area contributed by atoms with E-state index in [2.05, 4.69) is 5.32 Å². The van der Waals surface area contributed by atoms with Gasteiger partial charge in [-0.2, -0.15) is 13.2 Å². The average molecular weight is 215 g/mol. The Bertz CT molecular complexity index is 371. The molecule has 1 aliphatic heterocycles. The Morgan fingerprint density at radius 1 is 1.33 bits per heavy atom. The van der Waals surface area contributed by atoms with Gasteiger partial charge in [0.2, 0.25) is 0 Å². The molecule has 4 heteroatoms. The lowest BCUT2D eigenvalue weighted by atomic mass is 9.91. The first kappa shape index (κ1) is 10.3. The van der Waals surface area contributed by atoms with E-state index in [0.717, 1.165) is 16.8 Å². The quantitative estimate of drug-likeness (QED) is 0.701. The molecule has 1 nitrogen and oxygen atoms in total. The lowest BCUT2D eigenvalue weighted by Crippen LogP contribution is -2.35. The van der Waals surface area contributed by atoms with E-state index in [9.17, 15) is 13.2 Å². The van der Waals surface area contributed by atoms with Crippen molar-refractivity contribution in [1.29, 1.82) is 0 Å². The second kappa shape index (κ2) is 3.43. The van der Waals surface area contributed by atoms with Crippen LogP contribution >= 0.6 is 0 Å². The predicted molar refractivity (Wildman–Crippen MR) is 52.9 cm³/mol. The first-order valence-corrected chi connectivity index (χ1v) is 4.87. The molecule has 0 bridgehead atoms. The second-order valence-electron chi connectivity index (χ2n) is 3.92. The van der Waals surface area contributed by atoms with Gasteiger partial charge in [-0.05, 0) is 30.5 Å². The fraction of sp³-hybridized carbons (Fsp3) is 0.455. The third-order valence-corrected chi connectivity index (χ3v) is 2.86. The van der Waals surface area contributed by atoms with Crippen LogP contribution in [-0.4, -0.2) is 12.7 Å². The molecule has 0 radical (unpaired) electrons. The zero-order valence-electron chi connectivity index (χ0n) is 8.36. The van der Waals surface area contributed by atoms with Gasteiger partial charge in [-0.15, -0.1) is 0 Å². The van der Waals surface area contributed by atoms with Crippen LogP contribution in [0.5, 0.6) is 0 Å². The lowest BCUT2D eigenvalue weighted by molar-refractivity contribution is -0.170. The van der Waals surface area contributed by atoms with E-state index in [1.54, 1.807) is 0 Å². The van der Waals surface area contributed by atoms with Crippen LogP contribution in [0.3, 0.4) is 0 Å². The Morgan fingerprint density at radius 3 is 2.73 bits per heavy atom. The molecule has 1 aromatic rings.